The van der Waals surface area contributed by atoms with Crippen LogP contribution in [-0.2, 0) is 25.8 Å². The fourth-order valence-corrected chi connectivity index (χ4v) is 4.68. The molecule has 1 aliphatic rings. The molecule has 0 spiro atoms. The van der Waals surface area contributed by atoms with Crippen molar-refractivity contribution >= 4 is 21.3 Å². The number of benzene rings is 1. The zero-order chi connectivity index (χ0) is 20.7. The lowest BCUT2D eigenvalue weighted by atomic mass is 10.0. The van der Waals surface area contributed by atoms with Crippen molar-refractivity contribution in [1.29, 1.82) is 0 Å². The number of carbonyl (C=O) groups is 1. The number of unbranched alkanes of at least 4 members (excludes halogenated alkanes) is 2. The van der Waals surface area contributed by atoms with Crippen molar-refractivity contribution in [1.82, 2.24) is 0 Å². The van der Waals surface area contributed by atoms with E-state index in [1.165, 1.54) is 0 Å². The SMILES string of the molecule is CC(C)S(=O)(=O)CCCCCC(=O)Cc1cccc(N2C[C@@H](C)O[C@@H](C)C2)c1. The Morgan fingerprint density at radius 2 is 1.82 bits per heavy atom. The second kappa shape index (κ2) is 10.4. The number of sulfone groups is 1. The van der Waals surface area contributed by atoms with Gasteiger partial charge in [-0.15, -0.1) is 0 Å². The highest BCUT2D eigenvalue weighted by molar-refractivity contribution is 7.91. The van der Waals surface area contributed by atoms with E-state index in [9.17, 15) is 13.2 Å². The van der Waals surface area contributed by atoms with Crippen LogP contribution in [0.3, 0.4) is 0 Å². The highest BCUT2D eigenvalue weighted by atomic mass is 32.2. The molecule has 1 saturated heterocycles. The fourth-order valence-electron chi connectivity index (χ4n) is 3.61. The molecule has 0 N–H and O–H groups in total. The number of hydrogen-bond acceptors (Lipinski definition) is 5. The highest BCUT2D eigenvalue weighted by Crippen LogP contribution is 2.22. The van der Waals surface area contributed by atoms with Crippen LogP contribution in [0, 0.1) is 0 Å². The van der Waals surface area contributed by atoms with Gasteiger partial charge in [0.15, 0.2) is 9.84 Å². The maximum absolute atomic E-state index is 12.3. The van der Waals surface area contributed by atoms with E-state index >= 15 is 0 Å². The van der Waals surface area contributed by atoms with Gasteiger partial charge in [0.05, 0.1) is 23.2 Å². The molecule has 0 unspecified atom stereocenters. The number of Topliss-reactive ketones (excluding diaryl/α,β-unsaturated/α-hetero) is 1. The predicted molar refractivity (Wildman–Crippen MR) is 115 cm³/mol. The molecule has 0 aliphatic carbocycles. The third kappa shape index (κ3) is 7.21. The first kappa shape index (κ1) is 22.9. The van der Waals surface area contributed by atoms with Crippen molar-refractivity contribution in [2.24, 2.45) is 0 Å². The van der Waals surface area contributed by atoms with Crippen LogP contribution in [0.5, 0.6) is 0 Å². The second-order valence-electron chi connectivity index (χ2n) is 8.27. The third-order valence-corrected chi connectivity index (χ3v) is 7.49. The molecule has 2 atom stereocenters. The van der Waals surface area contributed by atoms with Gasteiger partial charge in [0.25, 0.3) is 0 Å². The van der Waals surface area contributed by atoms with E-state index in [1.807, 2.05) is 12.1 Å². The maximum Gasteiger partial charge on any atom is 0.152 e. The van der Waals surface area contributed by atoms with Crippen molar-refractivity contribution in [2.75, 3.05) is 23.7 Å². The zero-order valence-electron chi connectivity index (χ0n) is 17.7. The van der Waals surface area contributed by atoms with Gasteiger partial charge in [-0.2, -0.15) is 0 Å². The first-order valence-corrected chi connectivity index (χ1v) is 12.1. The van der Waals surface area contributed by atoms with Crippen LogP contribution >= 0.6 is 0 Å². The van der Waals surface area contributed by atoms with E-state index < -0.39 is 9.84 Å². The first-order valence-electron chi connectivity index (χ1n) is 10.4. The average molecular weight is 410 g/mol. The maximum atomic E-state index is 12.3. The molecule has 1 aromatic rings. The molecule has 158 valence electrons. The van der Waals surface area contributed by atoms with Gasteiger partial charge in [0.2, 0.25) is 0 Å². The Hall–Kier alpha value is -1.40. The molecule has 1 heterocycles. The van der Waals surface area contributed by atoms with Gasteiger partial charge in [-0.25, -0.2) is 8.42 Å². The number of nitrogens with zero attached hydrogens (tertiary/aromatic N) is 1. The molecule has 0 radical (unpaired) electrons. The monoisotopic (exact) mass is 409 g/mol. The lowest BCUT2D eigenvalue weighted by Crippen LogP contribution is -2.45. The van der Waals surface area contributed by atoms with Crippen LogP contribution in [0.4, 0.5) is 5.69 Å². The smallest absolute Gasteiger partial charge is 0.152 e. The third-order valence-electron chi connectivity index (χ3n) is 5.20. The summed E-state index contributed by atoms with van der Waals surface area (Å²) in [5, 5.41) is -0.321. The van der Waals surface area contributed by atoms with Crippen molar-refractivity contribution in [3.05, 3.63) is 29.8 Å². The molecular formula is C22H35NO4S. The summed E-state index contributed by atoms with van der Waals surface area (Å²) in [6.45, 7) is 9.32. The molecule has 0 saturated carbocycles. The minimum atomic E-state index is -2.97. The Bertz CT molecular complexity index is 735. The summed E-state index contributed by atoms with van der Waals surface area (Å²) in [5.74, 6) is 0.435. The van der Waals surface area contributed by atoms with E-state index in [2.05, 4.69) is 30.9 Å². The van der Waals surface area contributed by atoms with Crippen molar-refractivity contribution in [3.8, 4) is 0 Å². The summed E-state index contributed by atoms with van der Waals surface area (Å²) >= 11 is 0. The summed E-state index contributed by atoms with van der Waals surface area (Å²) in [5.41, 5.74) is 2.18. The minimum Gasteiger partial charge on any atom is -0.372 e. The minimum absolute atomic E-state index is 0.202. The predicted octanol–water partition coefficient (Wildman–Crippen LogP) is 3.80. The van der Waals surface area contributed by atoms with Crippen LogP contribution in [0.2, 0.25) is 0 Å². The Balaban J connectivity index is 1.78. The summed E-state index contributed by atoms with van der Waals surface area (Å²) in [6.07, 6.45) is 3.52. The molecule has 1 aromatic carbocycles. The molecule has 28 heavy (non-hydrogen) atoms. The number of morpholine rings is 1. The van der Waals surface area contributed by atoms with Gasteiger partial charge in [0.1, 0.15) is 5.78 Å². The number of ketones is 1. The first-order chi connectivity index (χ1) is 13.2. The summed E-state index contributed by atoms with van der Waals surface area (Å²) < 4.78 is 29.4. The number of ether oxygens (including phenoxy) is 1. The van der Waals surface area contributed by atoms with Crippen molar-refractivity contribution < 1.29 is 17.9 Å². The Morgan fingerprint density at radius 1 is 1.14 bits per heavy atom. The highest BCUT2D eigenvalue weighted by Gasteiger charge is 2.22. The van der Waals surface area contributed by atoms with E-state index in [-0.39, 0.29) is 29.0 Å². The lowest BCUT2D eigenvalue weighted by Gasteiger charge is -2.37. The molecule has 6 heteroatoms. The number of carbonyl (C=O) groups excluding carboxylic acids is 1. The fraction of sp³-hybridized carbons (Fsp3) is 0.682. The average Bonchev–Trinajstić information content (AvgIpc) is 2.60. The van der Waals surface area contributed by atoms with Crippen LogP contribution in [0.1, 0.15) is 58.9 Å². The molecule has 0 aromatic heterocycles. The largest absolute Gasteiger partial charge is 0.372 e. The van der Waals surface area contributed by atoms with Gasteiger partial charge in [0, 0.05) is 31.6 Å². The normalized spacial score (nSPS) is 20.5. The second-order valence-corrected chi connectivity index (χ2v) is 11.0. The molecular weight excluding hydrogens is 374 g/mol. The topological polar surface area (TPSA) is 63.7 Å². The Labute approximate surface area is 170 Å². The molecule has 0 bridgehead atoms. The van der Waals surface area contributed by atoms with E-state index in [4.69, 9.17) is 4.74 Å². The van der Waals surface area contributed by atoms with Crippen molar-refractivity contribution in [2.45, 2.75) is 77.3 Å². The number of hydrogen-bond donors (Lipinski definition) is 0. The summed E-state index contributed by atoms with van der Waals surface area (Å²) in [4.78, 5) is 14.6. The van der Waals surface area contributed by atoms with Gasteiger partial charge in [-0.1, -0.05) is 18.6 Å². The lowest BCUT2D eigenvalue weighted by molar-refractivity contribution is -0.118. The van der Waals surface area contributed by atoms with E-state index in [0.29, 0.717) is 19.3 Å². The Morgan fingerprint density at radius 3 is 2.46 bits per heavy atom. The molecule has 5 nitrogen and oxygen atoms in total. The standard InChI is InChI=1S/C22H35NO4S/c1-17(2)28(25,26)12-7-5-6-11-22(24)14-20-9-8-10-21(13-20)23-15-18(3)27-19(4)16-23/h8-10,13,17-19H,5-7,11-12,14-16H2,1-4H3/t18-,19+. The zero-order valence-corrected chi connectivity index (χ0v) is 18.5. The summed E-state index contributed by atoms with van der Waals surface area (Å²) in [6, 6.07) is 8.22. The molecule has 2 rings (SSSR count). The van der Waals surface area contributed by atoms with Gasteiger partial charge < -0.3 is 9.64 Å². The van der Waals surface area contributed by atoms with Crippen LogP contribution < -0.4 is 4.90 Å². The molecule has 0 amide bonds. The number of rotatable bonds is 10. The van der Waals surface area contributed by atoms with Crippen LogP contribution in [0.25, 0.3) is 0 Å². The number of anilines is 1. The van der Waals surface area contributed by atoms with Crippen LogP contribution in [-0.4, -0.2) is 50.5 Å². The quantitative estimate of drug-likeness (QED) is 0.550. The van der Waals surface area contributed by atoms with Gasteiger partial charge in [-0.3, -0.25) is 4.79 Å². The summed E-state index contributed by atoms with van der Waals surface area (Å²) in [7, 11) is -2.97. The van der Waals surface area contributed by atoms with Gasteiger partial charge >= 0.3 is 0 Å². The van der Waals surface area contributed by atoms with E-state index in [1.54, 1.807) is 13.8 Å². The molecule has 1 aliphatic heterocycles. The van der Waals surface area contributed by atoms with Crippen molar-refractivity contribution in [3.63, 3.8) is 0 Å². The van der Waals surface area contributed by atoms with Crippen LogP contribution in [0.15, 0.2) is 24.3 Å². The van der Waals surface area contributed by atoms with Gasteiger partial charge in [-0.05, 0) is 58.2 Å². The Kier molecular flexibility index (Phi) is 8.50. The van der Waals surface area contributed by atoms with E-state index in [0.717, 1.165) is 37.2 Å². The molecule has 1 fully saturated rings.